The fourth-order valence-corrected chi connectivity index (χ4v) is 4.12. The predicted octanol–water partition coefficient (Wildman–Crippen LogP) is 2.35. The maximum Gasteiger partial charge on any atom is 0.321 e. The second kappa shape index (κ2) is 12.2. The molecule has 0 radical (unpaired) electrons. The number of likely N-dealkylation sites (tertiary alicyclic amines) is 1. The third-order valence-electron chi connectivity index (χ3n) is 5.77. The Bertz CT molecular complexity index is 958. The number of hydrogen-bond donors (Lipinski definition) is 3. The molecular weight excluding hydrogens is 535 g/mol. The van der Waals surface area contributed by atoms with Gasteiger partial charge in [0.2, 0.25) is 0 Å². The Labute approximate surface area is 211 Å². The van der Waals surface area contributed by atoms with Crippen molar-refractivity contribution < 1.29 is 9.53 Å². The van der Waals surface area contributed by atoms with Crippen LogP contribution < -0.4 is 16.0 Å². The summed E-state index contributed by atoms with van der Waals surface area (Å²) in [4.78, 5) is 23.1. The summed E-state index contributed by atoms with van der Waals surface area (Å²) in [6.07, 6.45) is 3.99. The molecule has 1 unspecified atom stereocenters. The molecule has 1 aromatic carbocycles. The molecule has 2 aliphatic rings. The molecule has 1 saturated heterocycles. The molecule has 1 aromatic heterocycles. The number of benzene rings is 1. The van der Waals surface area contributed by atoms with Gasteiger partial charge in [0.1, 0.15) is 12.4 Å². The quantitative estimate of drug-likeness (QED) is 0.281. The van der Waals surface area contributed by atoms with Gasteiger partial charge >= 0.3 is 6.03 Å². The highest BCUT2D eigenvalue weighted by Gasteiger charge is 2.22. The zero-order valence-electron chi connectivity index (χ0n) is 19.2. The van der Waals surface area contributed by atoms with Crippen LogP contribution in [0.5, 0.6) is 0 Å². The van der Waals surface area contributed by atoms with E-state index in [0.717, 1.165) is 74.2 Å². The number of nitrogens with one attached hydrogen (secondary N) is 3. The van der Waals surface area contributed by atoms with Gasteiger partial charge in [-0.3, -0.25) is 4.99 Å². The number of carbonyl (C=O) groups is 1. The highest BCUT2D eigenvalue weighted by Crippen LogP contribution is 2.15. The summed E-state index contributed by atoms with van der Waals surface area (Å²) < 4.78 is 7.09. The van der Waals surface area contributed by atoms with Crippen molar-refractivity contribution in [2.24, 2.45) is 4.99 Å². The minimum Gasteiger partial charge on any atom is -0.377 e. The van der Waals surface area contributed by atoms with Crippen molar-refractivity contribution in [2.75, 3.05) is 32.6 Å². The molecule has 11 heteroatoms. The SMILES string of the molecule is CN=C(NCc1cccc(NC(=O)N2CCCC2)c1)NC1CCc2nc(COC)nn2C1.I. The normalized spacial score (nSPS) is 17.8. The number of methoxy groups -OCH3 is 1. The van der Waals surface area contributed by atoms with Gasteiger partial charge in [0.25, 0.3) is 0 Å². The molecule has 3 N–H and O–H groups in total. The third-order valence-corrected chi connectivity index (χ3v) is 5.77. The van der Waals surface area contributed by atoms with Crippen LogP contribution in [0.25, 0.3) is 0 Å². The molecule has 0 saturated carbocycles. The minimum absolute atomic E-state index is 0. The van der Waals surface area contributed by atoms with Gasteiger partial charge < -0.3 is 25.6 Å². The maximum atomic E-state index is 12.3. The van der Waals surface area contributed by atoms with Gasteiger partial charge in [0.05, 0.1) is 6.54 Å². The molecule has 1 fully saturated rings. The molecular formula is C22H33IN8O2. The highest BCUT2D eigenvalue weighted by molar-refractivity contribution is 14.0. The molecule has 2 aliphatic heterocycles. The number of aryl methyl sites for hydroxylation is 1. The van der Waals surface area contributed by atoms with Crippen molar-refractivity contribution in [1.82, 2.24) is 30.3 Å². The molecule has 180 valence electrons. The number of aromatic nitrogens is 3. The van der Waals surface area contributed by atoms with Gasteiger partial charge in [-0.25, -0.2) is 14.5 Å². The topological polar surface area (TPSA) is 109 Å². The van der Waals surface area contributed by atoms with E-state index in [1.54, 1.807) is 14.2 Å². The summed E-state index contributed by atoms with van der Waals surface area (Å²) in [5.74, 6) is 2.47. The van der Waals surface area contributed by atoms with E-state index < -0.39 is 0 Å². The minimum atomic E-state index is -0.0245. The summed E-state index contributed by atoms with van der Waals surface area (Å²) >= 11 is 0. The molecule has 2 aromatic rings. The Morgan fingerprint density at radius 1 is 1.30 bits per heavy atom. The lowest BCUT2D eigenvalue weighted by Crippen LogP contribution is -2.46. The number of carbonyl (C=O) groups excluding carboxylic acids is 1. The van der Waals surface area contributed by atoms with Crippen LogP contribution in [0, 0.1) is 0 Å². The fourth-order valence-electron chi connectivity index (χ4n) is 4.12. The molecule has 0 bridgehead atoms. The number of hydrogen-bond acceptors (Lipinski definition) is 5. The molecule has 10 nitrogen and oxygen atoms in total. The average molecular weight is 568 g/mol. The van der Waals surface area contributed by atoms with E-state index in [1.807, 2.05) is 33.8 Å². The van der Waals surface area contributed by atoms with Crippen LogP contribution in [0.15, 0.2) is 29.3 Å². The monoisotopic (exact) mass is 568 g/mol. The lowest BCUT2D eigenvalue weighted by atomic mass is 10.1. The lowest BCUT2D eigenvalue weighted by molar-refractivity contribution is 0.177. The fraction of sp³-hybridized carbons (Fsp3) is 0.545. The summed E-state index contributed by atoms with van der Waals surface area (Å²) in [7, 11) is 3.42. The van der Waals surface area contributed by atoms with E-state index in [-0.39, 0.29) is 36.0 Å². The number of fused-ring (bicyclic) bond motifs is 1. The van der Waals surface area contributed by atoms with Gasteiger partial charge in [-0.15, -0.1) is 24.0 Å². The van der Waals surface area contributed by atoms with E-state index in [2.05, 4.69) is 31.0 Å². The standard InChI is InChI=1S/C22H32N8O2.HI/c1-23-21(25-18-8-9-20-27-19(15-32-2)28-30(20)14-18)24-13-16-6-5-7-17(12-16)26-22(31)29-10-3-4-11-29;/h5-7,12,18H,3-4,8-11,13-15H2,1-2H3,(H,26,31)(H2,23,24,25);1H. The summed E-state index contributed by atoms with van der Waals surface area (Å²) in [6.45, 7) is 3.44. The number of amides is 2. The Hall–Kier alpha value is -2.41. The molecule has 0 aliphatic carbocycles. The van der Waals surface area contributed by atoms with Crippen LogP contribution in [-0.4, -0.2) is 64.9 Å². The zero-order chi connectivity index (χ0) is 22.3. The Kier molecular flexibility index (Phi) is 9.30. The highest BCUT2D eigenvalue weighted by atomic mass is 127. The van der Waals surface area contributed by atoms with Gasteiger partial charge in [0, 0.05) is 51.9 Å². The van der Waals surface area contributed by atoms with Crippen molar-refractivity contribution in [3.8, 4) is 0 Å². The summed E-state index contributed by atoms with van der Waals surface area (Å²) in [5.41, 5.74) is 1.88. The first-order valence-electron chi connectivity index (χ1n) is 11.2. The summed E-state index contributed by atoms with van der Waals surface area (Å²) in [6, 6.07) is 8.09. The lowest BCUT2D eigenvalue weighted by Gasteiger charge is -2.25. The number of ether oxygens (including phenoxy) is 1. The number of anilines is 1. The van der Waals surface area contributed by atoms with E-state index >= 15 is 0 Å². The number of halogens is 1. The first-order chi connectivity index (χ1) is 15.6. The second-order valence-corrected chi connectivity index (χ2v) is 8.19. The van der Waals surface area contributed by atoms with Crippen molar-refractivity contribution in [2.45, 2.75) is 51.4 Å². The number of guanidine groups is 1. The molecule has 0 spiro atoms. The smallest absolute Gasteiger partial charge is 0.321 e. The third kappa shape index (κ3) is 6.79. The van der Waals surface area contributed by atoms with E-state index in [4.69, 9.17) is 4.74 Å². The van der Waals surface area contributed by atoms with Gasteiger partial charge in [-0.2, -0.15) is 5.10 Å². The van der Waals surface area contributed by atoms with E-state index in [9.17, 15) is 4.79 Å². The molecule has 33 heavy (non-hydrogen) atoms. The van der Waals surface area contributed by atoms with Gasteiger partial charge in [-0.05, 0) is 37.0 Å². The van der Waals surface area contributed by atoms with E-state index in [1.165, 1.54) is 0 Å². The Morgan fingerprint density at radius 2 is 2.12 bits per heavy atom. The number of nitrogens with zero attached hydrogens (tertiary/aromatic N) is 5. The number of aliphatic imine (C=N–C) groups is 1. The van der Waals surface area contributed by atoms with Crippen molar-refractivity contribution in [1.29, 1.82) is 0 Å². The van der Waals surface area contributed by atoms with Crippen molar-refractivity contribution in [3.63, 3.8) is 0 Å². The van der Waals surface area contributed by atoms with Crippen LogP contribution >= 0.6 is 24.0 Å². The maximum absolute atomic E-state index is 12.3. The molecule has 1 atom stereocenters. The first-order valence-corrected chi connectivity index (χ1v) is 11.2. The number of rotatable bonds is 6. The van der Waals surface area contributed by atoms with Crippen LogP contribution in [0.3, 0.4) is 0 Å². The number of urea groups is 1. The molecule has 4 rings (SSSR count). The van der Waals surface area contributed by atoms with Crippen LogP contribution in [0.4, 0.5) is 10.5 Å². The first kappa shape index (κ1) is 25.2. The Balaban J connectivity index is 0.00000306. The zero-order valence-corrected chi connectivity index (χ0v) is 21.5. The second-order valence-electron chi connectivity index (χ2n) is 8.19. The van der Waals surface area contributed by atoms with Crippen LogP contribution in [-0.2, 0) is 30.9 Å². The molecule has 3 heterocycles. The van der Waals surface area contributed by atoms with Gasteiger partial charge in [0.15, 0.2) is 11.8 Å². The van der Waals surface area contributed by atoms with Crippen molar-refractivity contribution in [3.05, 3.63) is 41.5 Å². The van der Waals surface area contributed by atoms with Crippen LogP contribution in [0.2, 0.25) is 0 Å². The average Bonchev–Trinajstić information content (AvgIpc) is 3.47. The van der Waals surface area contributed by atoms with E-state index in [0.29, 0.717) is 13.2 Å². The largest absolute Gasteiger partial charge is 0.377 e. The Morgan fingerprint density at radius 3 is 2.88 bits per heavy atom. The predicted molar refractivity (Wildman–Crippen MR) is 138 cm³/mol. The summed E-state index contributed by atoms with van der Waals surface area (Å²) in [5, 5.41) is 14.4. The molecule has 2 amide bonds. The van der Waals surface area contributed by atoms with Gasteiger partial charge in [-0.1, -0.05) is 12.1 Å². The van der Waals surface area contributed by atoms with Crippen LogP contribution in [0.1, 0.15) is 36.5 Å². The van der Waals surface area contributed by atoms with Crippen molar-refractivity contribution >= 4 is 41.7 Å².